The van der Waals surface area contributed by atoms with Crippen molar-refractivity contribution in [2.45, 2.75) is 19.4 Å². The minimum atomic E-state index is -0.265. The van der Waals surface area contributed by atoms with Gasteiger partial charge in [-0.3, -0.25) is 9.59 Å². The summed E-state index contributed by atoms with van der Waals surface area (Å²) in [6, 6.07) is 17.3. The molecule has 0 spiro atoms. The molecule has 0 saturated carbocycles. The lowest BCUT2D eigenvalue weighted by Gasteiger charge is -2.39. The molecular formula is C22H22N2O3. The summed E-state index contributed by atoms with van der Waals surface area (Å²) >= 11 is 0. The number of rotatable bonds is 4. The lowest BCUT2D eigenvalue weighted by atomic mass is 10.1. The summed E-state index contributed by atoms with van der Waals surface area (Å²) in [5.74, 6) is 0.594. The van der Waals surface area contributed by atoms with Crippen molar-refractivity contribution in [1.29, 1.82) is 0 Å². The number of carbonyl (C=O) groups excluding carboxylic acids is 1. The van der Waals surface area contributed by atoms with Crippen molar-refractivity contribution in [1.82, 2.24) is 9.47 Å². The average molecular weight is 362 g/mol. The maximum atomic E-state index is 12.8. The fourth-order valence-electron chi connectivity index (χ4n) is 3.46. The first-order chi connectivity index (χ1) is 13.1. The van der Waals surface area contributed by atoms with Crippen LogP contribution in [0.3, 0.4) is 0 Å². The molecule has 1 aromatic heterocycles. The van der Waals surface area contributed by atoms with Crippen molar-refractivity contribution in [2.75, 3.05) is 13.1 Å². The Labute approximate surface area is 157 Å². The SMILES string of the molecule is CCc1cccc(OC2CN(C(=O)c3cc4ccccc4n(C)c3=O)C2)c1. The zero-order valence-corrected chi connectivity index (χ0v) is 15.5. The Balaban J connectivity index is 1.48. The van der Waals surface area contributed by atoms with E-state index in [0.29, 0.717) is 13.1 Å². The number of nitrogens with zero attached hydrogens (tertiary/aromatic N) is 2. The summed E-state index contributed by atoms with van der Waals surface area (Å²) < 4.78 is 7.49. The molecule has 1 aliphatic heterocycles. The summed E-state index contributed by atoms with van der Waals surface area (Å²) in [7, 11) is 1.70. The van der Waals surface area contributed by atoms with Crippen molar-refractivity contribution in [3.05, 3.63) is 76.1 Å². The lowest BCUT2D eigenvalue weighted by Crippen LogP contribution is -2.57. The summed E-state index contributed by atoms with van der Waals surface area (Å²) in [5, 5.41) is 0.882. The van der Waals surface area contributed by atoms with E-state index >= 15 is 0 Å². The van der Waals surface area contributed by atoms with Crippen molar-refractivity contribution >= 4 is 16.8 Å². The second kappa shape index (κ2) is 6.91. The maximum absolute atomic E-state index is 12.8. The Morgan fingerprint density at radius 3 is 2.67 bits per heavy atom. The highest BCUT2D eigenvalue weighted by molar-refractivity contribution is 5.97. The van der Waals surface area contributed by atoms with Gasteiger partial charge in [0.2, 0.25) is 0 Å². The van der Waals surface area contributed by atoms with Gasteiger partial charge in [0.15, 0.2) is 0 Å². The van der Waals surface area contributed by atoms with Gasteiger partial charge in [-0.15, -0.1) is 0 Å². The van der Waals surface area contributed by atoms with Gasteiger partial charge in [-0.2, -0.15) is 0 Å². The molecule has 3 aromatic rings. The van der Waals surface area contributed by atoms with Gasteiger partial charge in [0.05, 0.1) is 18.6 Å². The standard InChI is InChI=1S/C22H22N2O3/c1-3-15-7-6-9-17(11-15)27-18-13-24(14-18)22(26)19-12-16-8-4-5-10-20(16)23(2)21(19)25/h4-12,18H,3,13-14H2,1-2H3. The van der Waals surface area contributed by atoms with E-state index in [1.807, 2.05) is 42.5 Å². The number of para-hydroxylation sites is 1. The molecular weight excluding hydrogens is 340 g/mol. The van der Waals surface area contributed by atoms with Gasteiger partial charge in [-0.05, 0) is 41.6 Å². The van der Waals surface area contributed by atoms with Crippen LogP contribution in [0.15, 0.2) is 59.4 Å². The van der Waals surface area contributed by atoms with Gasteiger partial charge >= 0.3 is 0 Å². The third-order valence-corrected chi connectivity index (χ3v) is 5.11. The molecule has 0 unspecified atom stereocenters. The first kappa shape index (κ1) is 17.3. The highest BCUT2D eigenvalue weighted by Crippen LogP contribution is 2.21. The summed E-state index contributed by atoms with van der Waals surface area (Å²) in [6.45, 7) is 3.09. The molecule has 1 fully saturated rings. The number of fused-ring (bicyclic) bond motifs is 1. The van der Waals surface area contributed by atoms with E-state index in [1.165, 1.54) is 10.1 Å². The van der Waals surface area contributed by atoms with Gasteiger partial charge < -0.3 is 14.2 Å². The number of carbonyl (C=O) groups is 1. The van der Waals surface area contributed by atoms with Crippen molar-refractivity contribution in [3.63, 3.8) is 0 Å². The molecule has 138 valence electrons. The molecule has 0 radical (unpaired) electrons. The number of hydrogen-bond donors (Lipinski definition) is 0. The largest absolute Gasteiger partial charge is 0.487 e. The summed E-state index contributed by atoms with van der Waals surface area (Å²) in [4.78, 5) is 27.1. The topological polar surface area (TPSA) is 51.5 Å². The second-order valence-corrected chi connectivity index (χ2v) is 6.93. The smallest absolute Gasteiger partial charge is 0.263 e. The third kappa shape index (κ3) is 3.21. The van der Waals surface area contributed by atoms with E-state index in [-0.39, 0.29) is 23.1 Å². The molecule has 4 rings (SSSR count). The van der Waals surface area contributed by atoms with Crippen LogP contribution in [-0.2, 0) is 13.5 Å². The van der Waals surface area contributed by atoms with E-state index in [4.69, 9.17) is 4.74 Å². The Kier molecular flexibility index (Phi) is 4.44. The van der Waals surface area contributed by atoms with E-state index in [0.717, 1.165) is 23.1 Å². The highest BCUT2D eigenvalue weighted by Gasteiger charge is 2.34. The van der Waals surface area contributed by atoms with Crippen LogP contribution in [0.2, 0.25) is 0 Å². The predicted molar refractivity (Wildman–Crippen MR) is 105 cm³/mol. The molecule has 0 aliphatic carbocycles. The average Bonchev–Trinajstić information content (AvgIpc) is 2.67. The van der Waals surface area contributed by atoms with Crippen LogP contribution in [-0.4, -0.2) is 34.6 Å². The van der Waals surface area contributed by atoms with Crippen LogP contribution in [0.5, 0.6) is 5.75 Å². The number of aromatic nitrogens is 1. The van der Waals surface area contributed by atoms with E-state index in [1.54, 1.807) is 18.0 Å². The molecule has 1 saturated heterocycles. The molecule has 27 heavy (non-hydrogen) atoms. The number of likely N-dealkylation sites (tertiary alicyclic amines) is 1. The number of aryl methyl sites for hydroxylation is 2. The zero-order chi connectivity index (χ0) is 19.0. The summed E-state index contributed by atoms with van der Waals surface area (Å²) in [6.07, 6.45) is 0.919. The first-order valence-corrected chi connectivity index (χ1v) is 9.20. The quantitative estimate of drug-likeness (QED) is 0.717. The van der Waals surface area contributed by atoms with E-state index in [2.05, 4.69) is 13.0 Å². The number of amides is 1. The molecule has 1 amide bonds. The minimum Gasteiger partial charge on any atom is -0.487 e. The number of ether oxygens (including phenoxy) is 1. The second-order valence-electron chi connectivity index (χ2n) is 6.93. The van der Waals surface area contributed by atoms with Crippen LogP contribution < -0.4 is 10.3 Å². The molecule has 2 heterocycles. The molecule has 5 heteroatoms. The molecule has 0 N–H and O–H groups in total. The highest BCUT2D eigenvalue weighted by atomic mass is 16.5. The Hall–Kier alpha value is -3.08. The van der Waals surface area contributed by atoms with Crippen molar-refractivity contribution < 1.29 is 9.53 Å². The predicted octanol–water partition coefficient (Wildman–Crippen LogP) is 3.00. The van der Waals surface area contributed by atoms with Gasteiger partial charge in [0, 0.05) is 7.05 Å². The van der Waals surface area contributed by atoms with E-state index in [9.17, 15) is 9.59 Å². The maximum Gasteiger partial charge on any atom is 0.263 e. The zero-order valence-electron chi connectivity index (χ0n) is 15.5. The number of pyridine rings is 1. The van der Waals surface area contributed by atoms with Crippen molar-refractivity contribution in [2.24, 2.45) is 7.05 Å². The van der Waals surface area contributed by atoms with Gasteiger partial charge in [0.25, 0.3) is 11.5 Å². The van der Waals surface area contributed by atoms with Crippen LogP contribution in [0.1, 0.15) is 22.8 Å². The summed E-state index contributed by atoms with van der Waals surface area (Å²) in [5.41, 5.74) is 1.99. The van der Waals surface area contributed by atoms with Gasteiger partial charge in [0.1, 0.15) is 17.4 Å². The lowest BCUT2D eigenvalue weighted by molar-refractivity contribution is 0.0176. The fraction of sp³-hybridized carbons (Fsp3) is 0.273. The monoisotopic (exact) mass is 362 g/mol. The van der Waals surface area contributed by atoms with E-state index < -0.39 is 0 Å². The molecule has 1 aliphatic rings. The third-order valence-electron chi connectivity index (χ3n) is 5.11. The van der Waals surface area contributed by atoms with Gasteiger partial charge in [-0.1, -0.05) is 37.3 Å². The normalized spacial score (nSPS) is 14.2. The Bertz CT molecular complexity index is 1060. The minimum absolute atomic E-state index is 0.0367. The van der Waals surface area contributed by atoms with Crippen molar-refractivity contribution in [3.8, 4) is 5.75 Å². The fourth-order valence-corrected chi connectivity index (χ4v) is 3.46. The van der Waals surface area contributed by atoms with Crippen LogP contribution >= 0.6 is 0 Å². The van der Waals surface area contributed by atoms with Crippen LogP contribution in [0, 0.1) is 0 Å². The van der Waals surface area contributed by atoms with Crippen LogP contribution in [0.4, 0.5) is 0 Å². The van der Waals surface area contributed by atoms with Crippen LogP contribution in [0.25, 0.3) is 10.9 Å². The molecule has 0 atom stereocenters. The van der Waals surface area contributed by atoms with Gasteiger partial charge in [-0.25, -0.2) is 0 Å². The Morgan fingerprint density at radius 1 is 1.11 bits per heavy atom. The number of hydrogen-bond acceptors (Lipinski definition) is 3. The molecule has 2 aromatic carbocycles. The molecule has 0 bridgehead atoms. The Morgan fingerprint density at radius 2 is 1.89 bits per heavy atom. The number of benzene rings is 2. The molecule has 5 nitrogen and oxygen atoms in total. The first-order valence-electron chi connectivity index (χ1n) is 9.20.